The highest BCUT2D eigenvalue weighted by Gasteiger charge is 2.20. The molecule has 0 radical (unpaired) electrons. The summed E-state index contributed by atoms with van der Waals surface area (Å²) in [5.41, 5.74) is 0.942. The predicted molar refractivity (Wildman–Crippen MR) is 85.8 cm³/mol. The lowest BCUT2D eigenvalue weighted by molar-refractivity contribution is 0.160. The van der Waals surface area contributed by atoms with Crippen molar-refractivity contribution in [1.29, 1.82) is 0 Å². The molecule has 2 rings (SSSR count). The van der Waals surface area contributed by atoms with Crippen molar-refractivity contribution >= 4 is 0 Å². The quantitative estimate of drug-likeness (QED) is 0.846. The number of rotatable bonds is 6. The van der Waals surface area contributed by atoms with Crippen molar-refractivity contribution in [3.8, 4) is 11.5 Å². The third kappa shape index (κ3) is 4.61. The second-order valence-corrected chi connectivity index (χ2v) is 6.21. The van der Waals surface area contributed by atoms with E-state index in [0.717, 1.165) is 43.4 Å². The first-order chi connectivity index (χ1) is 10.1. The van der Waals surface area contributed by atoms with Crippen LogP contribution in [0.4, 0.5) is 0 Å². The van der Waals surface area contributed by atoms with E-state index in [4.69, 9.17) is 4.74 Å². The zero-order valence-electron chi connectivity index (χ0n) is 13.4. The number of ether oxygens (including phenoxy) is 1. The molecule has 1 aromatic rings. The van der Waals surface area contributed by atoms with Gasteiger partial charge in [-0.25, -0.2) is 0 Å². The maximum Gasteiger partial charge on any atom is 0.120 e. The van der Waals surface area contributed by atoms with E-state index in [1.54, 1.807) is 19.2 Å². The molecule has 0 aromatic heterocycles. The highest BCUT2D eigenvalue weighted by Crippen LogP contribution is 2.26. The summed E-state index contributed by atoms with van der Waals surface area (Å²) in [4.78, 5) is 2.45. The van der Waals surface area contributed by atoms with Crippen molar-refractivity contribution in [2.24, 2.45) is 5.92 Å². The Kier molecular flexibility index (Phi) is 5.88. The topological polar surface area (TPSA) is 44.7 Å². The highest BCUT2D eigenvalue weighted by molar-refractivity contribution is 5.39. The number of phenols is 1. The molecule has 118 valence electrons. The van der Waals surface area contributed by atoms with Crippen LogP contribution in [0.5, 0.6) is 11.5 Å². The monoisotopic (exact) mass is 292 g/mol. The van der Waals surface area contributed by atoms with E-state index < -0.39 is 0 Å². The molecule has 0 amide bonds. The first-order valence-corrected chi connectivity index (χ1v) is 7.90. The largest absolute Gasteiger partial charge is 0.508 e. The lowest BCUT2D eigenvalue weighted by atomic mass is 9.96. The first kappa shape index (κ1) is 16.1. The van der Waals surface area contributed by atoms with Gasteiger partial charge >= 0.3 is 0 Å². The fourth-order valence-electron chi connectivity index (χ4n) is 2.89. The average molecular weight is 292 g/mol. The van der Waals surface area contributed by atoms with E-state index in [0.29, 0.717) is 11.8 Å². The molecule has 4 heteroatoms. The van der Waals surface area contributed by atoms with Gasteiger partial charge in [0.1, 0.15) is 11.5 Å². The number of benzene rings is 1. The number of methoxy groups -OCH3 is 1. The van der Waals surface area contributed by atoms with Gasteiger partial charge in [-0.1, -0.05) is 0 Å². The molecule has 1 fully saturated rings. The zero-order chi connectivity index (χ0) is 15.2. The van der Waals surface area contributed by atoms with Gasteiger partial charge in [0.05, 0.1) is 7.11 Å². The Bertz CT molecular complexity index is 442. The van der Waals surface area contributed by atoms with E-state index in [1.807, 2.05) is 6.07 Å². The molecular formula is C17H28N2O2. The van der Waals surface area contributed by atoms with Crippen molar-refractivity contribution in [3.63, 3.8) is 0 Å². The second kappa shape index (κ2) is 7.66. The van der Waals surface area contributed by atoms with Gasteiger partial charge < -0.3 is 15.2 Å². The summed E-state index contributed by atoms with van der Waals surface area (Å²) in [6.45, 7) is 8.55. The number of hydrogen-bond donors (Lipinski definition) is 2. The zero-order valence-corrected chi connectivity index (χ0v) is 13.4. The van der Waals surface area contributed by atoms with Crippen LogP contribution in [0.3, 0.4) is 0 Å². The van der Waals surface area contributed by atoms with Crippen LogP contribution in [0, 0.1) is 5.92 Å². The molecule has 1 heterocycles. The minimum absolute atomic E-state index is 0.353. The van der Waals surface area contributed by atoms with Crippen LogP contribution < -0.4 is 10.1 Å². The number of aromatic hydroxyl groups is 1. The SMILES string of the molecule is COc1ccc(O)c(CN(CC2CCNCC2)C(C)C)c1. The van der Waals surface area contributed by atoms with Crippen molar-refractivity contribution < 1.29 is 9.84 Å². The average Bonchev–Trinajstić information content (AvgIpc) is 2.49. The summed E-state index contributed by atoms with van der Waals surface area (Å²) < 4.78 is 5.26. The van der Waals surface area contributed by atoms with Crippen molar-refractivity contribution in [2.45, 2.75) is 39.3 Å². The van der Waals surface area contributed by atoms with E-state index in [2.05, 4.69) is 24.1 Å². The number of phenolic OH excluding ortho intramolecular Hbond substituents is 1. The lowest BCUT2D eigenvalue weighted by Gasteiger charge is -2.33. The van der Waals surface area contributed by atoms with Crippen molar-refractivity contribution in [1.82, 2.24) is 10.2 Å². The Labute approximate surface area is 128 Å². The van der Waals surface area contributed by atoms with Gasteiger partial charge in [0.15, 0.2) is 0 Å². The predicted octanol–water partition coefficient (Wildman–Crippen LogP) is 2.61. The standard InChI is InChI=1S/C17H28N2O2/c1-13(2)19(11-14-6-8-18-9-7-14)12-15-10-16(21-3)4-5-17(15)20/h4-5,10,13-14,18,20H,6-9,11-12H2,1-3H3. The smallest absolute Gasteiger partial charge is 0.120 e. The Hall–Kier alpha value is -1.26. The maximum atomic E-state index is 10.1. The van der Waals surface area contributed by atoms with Crippen LogP contribution in [0.15, 0.2) is 18.2 Å². The molecule has 0 atom stereocenters. The first-order valence-electron chi connectivity index (χ1n) is 7.90. The third-order valence-electron chi connectivity index (χ3n) is 4.34. The normalized spacial score (nSPS) is 16.6. The minimum Gasteiger partial charge on any atom is -0.508 e. The summed E-state index contributed by atoms with van der Waals surface area (Å²) in [6.07, 6.45) is 2.49. The summed E-state index contributed by atoms with van der Waals surface area (Å²) >= 11 is 0. The Morgan fingerprint density at radius 1 is 1.33 bits per heavy atom. The minimum atomic E-state index is 0.353. The van der Waals surface area contributed by atoms with E-state index in [9.17, 15) is 5.11 Å². The van der Waals surface area contributed by atoms with Gasteiger partial charge in [-0.2, -0.15) is 0 Å². The van der Waals surface area contributed by atoms with Gasteiger partial charge in [-0.15, -0.1) is 0 Å². The molecule has 1 saturated heterocycles. The molecule has 1 aliphatic rings. The molecule has 4 nitrogen and oxygen atoms in total. The molecule has 0 aliphatic carbocycles. The van der Waals surface area contributed by atoms with Crippen LogP contribution >= 0.6 is 0 Å². The maximum absolute atomic E-state index is 10.1. The van der Waals surface area contributed by atoms with Gasteiger partial charge in [0, 0.05) is 24.7 Å². The fraction of sp³-hybridized carbons (Fsp3) is 0.647. The number of nitrogens with zero attached hydrogens (tertiary/aromatic N) is 1. The fourth-order valence-corrected chi connectivity index (χ4v) is 2.89. The summed E-state index contributed by atoms with van der Waals surface area (Å²) in [7, 11) is 1.66. The summed E-state index contributed by atoms with van der Waals surface area (Å²) in [5, 5.41) is 13.5. The van der Waals surface area contributed by atoms with E-state index in [-0.39, 0.29) is 0 Å². The van der Waals surface area contributed by atoms with Crippen LogP contribution in [0.1, 0.15) is 32.3 Å². The van der Waals surface area contributed by atoms with E-state index in [1.165, 1.54) is 12.8 Å². The van der Waals surface area contributed by atoms with Crippen LogP contribution in [0.25, 0.3) is 0 Å². The van der Waals surface area contributed by atoms with Crippen LogP contribution in [-0.2, 0) is 6.54 Å². The van der Waals surface area contributed by atoms with Crippen molar-refractivity contribution in [2.75, 3.05) is 26.7 Å². The van der Waals surface area contributed by atoms with Gasteiger partial charge in [0.2, 0.25) is 0 Å². The van der Waals surface area contributed by atoms with Crippen LogP contribution in [-0.4, -0.2) is 42.8 Å². The van der Waals surface area contributed by atoms with Crippen molar-refractivity contribution in [3.05, 3.63) is 23.8 Å². The highest BCUT2D eigenvalue weighted by atomic mass is 16.5. The summed E-state index contributed by atoms with van der Waals surface area (Å²) in [5.74, 6) is 1.90. The summed E-state index contributed by atoms with van der Waals surface area (Å²) in [6, 6.07) is 5.92. The molecule has 1 aromatic carbocycles. The Balaban J connectivity index is 2.04. The molecule has 21 heavy (non-hydrogen) atoms. The third-order valence-corrected chi connectivity index (χ3v) is 4.34. The molecule has 2 N–H and O–H groups in total. The molecular weight excluding hydrogens is 264 g/mol. The molecule has 0 saturated carbocycles. The molecule has 0 bridgehead atoms. The second-order valence-electron chi connectivity index (χ2n) is 6.21. The van der Waals surface area contributed by atoms with E-state index >= 15 is 0 Å². The molecule has 0 unspecified atom stereocenters. The van der Waals surface area contributed by atoms with Gasteiger partial charge in [-0.05, 0) is 63.9 Å². The number of hydrogen-bond acceptors (Lipinski definition) is 4. The molecule has 0 spiro atoms. The number of nitrogens with one attached hydrogen (secondary N) is 1. The van der Waals surface area contributed by atoms with Crippen LogP contribution in [0.2, 0.25) is 0 Å². The Morgan fingerprint density at radius 2 is 2.05 bits per heavy atom. The lowest BCUT2D eigenvalue weighted by Crippen LogP contribution is -2.39. The van der Waals surface area contributed by atoms with Gasteiger partial charge in [-0.3, -0.25) is 4.90 Å². The van der Waals surface area contributed by atoms with Gasteiger partial charge in [0.25, 0.3) is 0 Å². The number of piperidine rings is 1. The molecule has 1 aliphatic heterocycles. The Morgan fingerprint density at radius 3 is 2.67 bits per heavy atom.